The molecule has 2 saturated heterocycles. The molecule has 0 saturated carbocycles. The molecule has 0 aromatic carbocycles. The van der Waals surface area contributed by atoms with E-state index in [1.54, 1.807) is 0 Å². The van der Waals surface area contributed by atoms with Gasteiger partial charge in [-0.1, -0.05) is 15.9 Å². The molecule has 0 aromatic heterocycles. The van der Waals surface area contributed by atoms with Crippen molar-refractivity contribution in [3.05, 3.63) is 0 Å². The van der Waals surface area contributed by atoms with Crippen LogP contribution in [0.4, 0.5) is 0 Å². The molecular formula is C12H21BrO10. The van der Waals surface area contributed by atoms with Gasteiger partial charge in [-0.15, -0.1) is 0 Å². The molecule has 1 unspecified atom stereocenters. The Morgan fingerprint density at radius 3 is 1.96 bits per heavy atom. The average molecular weight is 405 g/mol. The third kappa shape index (κ3) is 3.85. The van der Waals surface area contributed by atoms with E-state index in [4.69, 9.17) is 19.3 Å². The lowest BCUT2D eigenvalue weighted by atomic mass is 9.98. The molecule has 10 nitrogen and oxygen atoms in total. The molecule has 10 atom stereocenters. The van der Waals surface area contributed by atoms with Crippen molar-refractivity contribution in [1.29, 1.82) is 0 Å². The molecule has 0 aliphatic carbocycles. The molecule has 0 amide bonds. The van der Waals surface area contributed by atoms with Crippen molar-refractivity contribution >= 4 is 15.9 Å². The van der Waals surface area contributed by atoms with Gasteiger partial charge in [0.1, 0.15) is 42.7 Å². The van der Waals surface area contributed by atoms with Gasteiger partial charge in [0.15, 0.2) is 12.6 Å². The first-order valence-corrected chi connectivity index (χ1v) is 7.95. The summed E-state index contributed by atoms with van der Waals surface area (Å²) in [5.74, 6) is 0. The van der Waals surface area contributed by atoms with Gasteiger partial charge in [0.2, 0.25) is 0 Å². The zero-order valence-electron chi connectivity index (χ0n) is 11.9. The Balaban J connectivity index is 2.11. The Kier molecular flexibility index (Phi) is 6.73. The standard InChI is InChI=1S/C12H21BrO10/c13-5-7(17)10(4(2-15)21-11(5)20)23-12-9(19)8(18)6(16)3(1-14)22-12/h3-12,14-20H,1-2H2/t3-,4-,5-,6+,7-,8+,9-,10-,11?,12+/m1/s1. The summed E-state index contributed by atoms with van der Waals surface area (Å²) in [6.45, 7) is -1.21. The van der Waals surface area contributed by atoms with Crippen LogP contribution in [0.5, 0.6) is 0 Å². The number of aliphatic hydroxyl groups excluding tert-OH is 7. The molecule has 7 N–H and O–H groups in total. The van der Waals surface area contributed by atoms with Crippen LogP contribution in [0.3, 0.4) is 0 Å². The summed E-state index contributed by atoms with van der Waals surface area (Å²) >= 11 is 3.02. The van der Waals surface area contributed by atoms with Crippen LogP contribution in [-0.4, -0.2) is 109 Å². The topological polar surface area (TPSA) is 169 Å². The van der Waals surface area contributed by atoms with Crippen LogP contribution in [0, 0.1) is 0 Å². The second-order valence-electron chi connectivity index (χ2n) is 5.48. The Bertz CT molecular complexity index is 383. The fraction of sp³-hybridized carbons (Fsp3) is 1.00. The number of rotatable bonds is 4. The molecule has 0 radical (unpaired) electrons. The first-order chi connectivity index (χ1) is 10.8. The number of hydrogen-bond acceptors (Lipinski definition) is 10. The summed E-state index contributed by atoms with van der Waals surface area (Å²) in [5, 5.41) is 67.5. The Morgan fingerprint density at radius 2 is 1.39 bits per heavy atom. The summed E-state index contributed by atoms with van der Waals surface area (Å²) in [7, 11) is 0. The Morgan fingerprint density at radius 1 is 0.783 bits per heavy atom. The van der Waals surface area contributed by atoms with Crippen molar-refractivity contribution in [2.45, 2.75) is 60.1 Å². The van der Waals surface area contributed by atoms with Crippen LogP contribution in [0.15, 0.2) is 0 Å². The van der Waals surface area contributed by atoms with E-state index in [2.05, 4.69) is 15.9 Å². The van der Waals surface area contributed by atoms with Crippen LogP contribution >= 0.6 is 15.9 Å². The monoisotopic (exact) mass is 404 g/mol. The third-order valence-corrected chi connectivity index (χ3v) is 4.93. The first-order valence-electron chi connectivity index (χ1n) is 7.04. The van der Waals surface area contributed by atoms with Crippen LogP contribution in [0.1, 0.15) is 0 Å². The fourth-order valence-corrected chi connectivity index (χ4v) is 2.98. The lowest BCUT2D eigenvalue weighted by molar-refractivity contribution is -0.340. The summed E-state index contributed by atoms with van der Waals surface area (Å²) in [6, 6.07) is 0. The number of aliphatic hydroxyl groups is 7. The predicted molar refractivity (Wildman–Crippen MR) is 75.3 cm³/mol. The summed E-state index contributed by atoms with van der Waals surface area (Å²) < 4.78 is 15.7. The minimum Gasteiger partial charge on any atom is -0.394 e. The molecule has 0 bridgehead atoms. The highest BCUT2D eigenvalue weighted by atomic mass is 79.9. The largest absolute Gasteiger partial charge is 0.394 e. The van der Waals surface area contributed by atoms with E-state index in [0.717, 1.165) is 0 Å². The van der Waals surface area contributed by atoms with Crippen molar-refractivity contribution in [1.82, 2.24) is 0 Å². The number of hydrogen-bond donors (Lipinski definition) is 7. The quantitative estimate of drug-likeness (QED) is 0.229. The first kappa shape index (κ1) is 19.4. The molecule has 23 heavy (non-hydrogen) atoms. The van der Waals surface area contributed by atoms with Gasteiger partial charge >= 0.3 is 0 Å². The van der Waals surface area contributed by atoms with Crippen LogP contribution in [0.2, 0.25) is 0 Å². The highest BCUT2D eigenvalue weighted by Gasteiger charge is 2.49. The van der Waals surface area contributed by atoms with E-state index in [0.29, 0.717) is 0 Å². The lowest BCUT2D eigenvalue weighted by Crippen LogP contribution is -2.63. The second-order valence-corrected chi connectivity index (χ2v) is 6.54. The Hall–Kier alpha value is 0.0800. The Labute approximate surface area is 140 Å². The lowest BCUT2D eigenvalue weighted by Gasteiger charge is -2.45. The van der Waals surface area contributed by atoms with E-state index in [-0.39, 0.29) is 0 Å². The molecule has 0 spiro atoms. The highest BCUT2D eigenvalue weighted by molar-refractivity contribution is 9.09. The second kappa shape index (κ2) is 7.97. The maximum atomic E-state index is 10.1. The normalized spacial score (nSPS) is 51.7. The summed E-state index contributed by atoms with van der Waals surface area (Å²) in [5.41, 5.74) is 0. The summed E-state index contributed by atoms with van der Waals surface area (Å²) in [4.78, 5) is -0.916. The molecule has 2 aliphatic rings. The van der Waals surface area contributed by atoms with Gasteiger partial charge in [0.05, 0.1) is 18.0 Å². The molecule has 11 heteroatoms. The van der Waals surface area contributed by atoms with E-state index >= 15 is 0 Å². The van der Waals surface area contributed by atoms with Crippen molar-refractivity contribution in [2.24, 2.45) is 0 Å². The van der Waals surface area contributed by atoms with Crippen LogP contribution in [-0.2, 0) is 14.2 Å². The predicted octanol–water partition coefficient (Wildman–Crippen LogP) is -3.99. The molecule has 2 heterocycles. The molecule has 2 aliphatic heterocycles. The van der Waals surface area contributed by atoms with Crippen LogP contribution in [0.25, 0.3) is 0 Å². The maximum absolute atomic E-state index is 10.1. The zero-order valence-corrected chi connectivity index (χ0v) is 13.5. The van der Waals surface area contributed by atoms with Crippen molar-refractivity contribution < 1.29 is 50.0 Å². The summed E-state index contributed by atoms with van der Waals surface area (Å²) in [6.07, 6.45) is -12.5. The van der Waals surface area contributed by atoms with Gasteiger partial charge < -0.3 is 50.0 Å². The molecular weight excluding hydrogens is 384 g/mol. The molecule has 0 aromatic rings. The van der Waals surface area contributed by atoms with E-state index < -0.39 is 73.3 Å². The SMILES string of the molecule is OC[C@H]1O[C@@H](O[C@H]2[C@H](O)[C@@H](Br)C(O)O[C@@H]2CO)[C@H](O)[C@@H](O)[C@H]1O. The van der Waals surface area contributed by atoms with Crippen molar-refractivity contribution in [3.63, 3.8) is 0 Å². The minimum atomic E-state index is -1.65. The smallest absolute Gasteiger partial charge is 0.187 e. The number of halogens is 1. The molecule has 2 rings (SSSR count). The average Bonchev–Trinajstić information content (AvgIpc) is 2.55. The molecule has 136 valence electrons. The zero-order chi connectivity index (χ0) is 17.3. The van der Waals surface area contributed by atoms with E-state index in [1.807, 2.05) is 0 Å². The van der Waals surface area contributed by atoms with Gasteiger partial charge in [0.25, 0.3) is 0 Å². The van der Waals surface area contributed by atoms with E-state index in [9.17, 15) is 30.6 Å². The molecule has 2 fully saturated rings. The number of ether oxygens (including phenoxy) is 3. The van der Waals surface area contributed by atoms with Gasteiger partial charge in [-0.25, -0.2) is 0 Å². The van der Waals surface area contributed by atoms with Gasteiger partial charge in [-0.3, -0.25) is 0 Å². The number of alkyl halides is 1. The maximum Gasteiger partial charge on any atom is 0.187 e. The fourth-order valence-electron chi connectivity index (χ4n) is 2.55. The third-order valence-electron chi connectivity index (χ3n) is 3.94. The highest BCUT2D eigenvalue weighted by Crippen LogP contribution is 2.30. The van der Waals surface area contributed by atoms with Crippen molar-refractivity contribution in [3.8, 4) is 0 Å². The van der Waals surface area contributed by atoms with Gasteiger partial charge in [-0.2, -0.15) is 0 Å². The van der Waals surface area contributed by atoms with Gasteiger partial charge in [0, 0.05) is 0 Å². The van der Waals surface area contributed by atoms with Crippen molar-refractivity contribution in [2.75, 3.05) is 13.2 Å². The van der Waals surface area contributed by atoms with Crippen LogP contribution < -0.4 is 0 Å². The minimum absolute atomic E-state index is 0.587. The van der Waals surface area contributed by atoms with Gasteiger partial charge in [-0.05, 0) is 0 Å². The van der Waals surface area contributed by atoms with E-state index in [1.165, 1.54) is 0 Å².